The maximum absolute atomic E-state index is 6.27. The Hall–Kier alpha value is -1.52. The van der Waals surface area contributed by atoms with Gasteiger partial charge in [-0.05, 0) is 25.1 Å². The van der Waals surface area contributed by atoms with Gasteiger partial charge in [0.15, 0.2) is 0 Å². The molecule has 3 rings (SSSR count). The minimum atomic E-state index is 0.579. The lowest BCUT2D eigenvalue weighted by Gasteiger charge is -2.06. The van der Waals surface area contributed by atoms with Crippen LogP contribution >= 0.6 is 23.4 Å². The van der Waals surface area contributed by atoms with Crippen LogP contribution in [0.2, 0.25) is 5.15 Å². The molecule has 0 unspecified atom stereocenters. The van der Waals surface area contributed by atoms with Crippen LogP contribution in [-0.4, -0.2) is 14.8 Å². The van der Waals surface area contributed by atoms with Crippen LogP contribution < -0.4 is 0 Å². The van der Waals surface area contributed by atoms with E-state index >= 15 is 0 Å². The summed E-state index contributed by atoms with van der Waals surface area (Å²) >= 11 is 7.99. The van der Waals surface area contributed by atoms with Crippen molar-refractivity contribution in [2.24, 2.45) is 7.05 Å². The molecule has 0 radical (unpaired) electrons. The molecule has 0 bridgehead atoms. The molecule has 0 fully saturated rings. The zero-order valence-electron chi connectivity index (χ0n) is 11.3. The third-order valence-electron chi connectivity index (χ3n) is 3.08. The van der Waals surface area contributed by atoms with Crippen LogP contribution in [-0.2, 0) is 12.8 Å². The van der Waals surface area contributed by atoms with Gasteiger partial charge in [-0.15, -0.1) is 11.8 Å². The van der Waals surface area contributed by atoms with E-state index in [1.807, 2.05) is 36.9 Å². The molecule has 0 N–H and O–H groups in total. The standard InChI is InChI=1S/C15H14ClN3S/c1-10-7-14(19(2)18-10)20-9-12-8-11-5-3-4-6-13(11)17-15(12)16/h3-8H,9H2,1-2H3. The summed E-state index contributed by atoms with van der Waals surface area (Å²) in [6, 6.07) is 12.2. The number of nitrogens with zero attached hydrogens (tertiary/aromatic N) is 3. The van der Waals surface area contributed by atoms with Crippen LogP contribution in [0.3, 0.4) is 0 Å². The average Bonchev–Trinajstić information content (AvgIpc) is 2.74. The number of hydrogen-bond donors (Lipinski definition) is 0. The number of para-hydroxylation sites is 1. The van der Waals surface area contributed by atoms with E-state index in [1.165, 1.54) is 0 Å². The first-order chi connectivity index (χ1) is 9.63. The Balaban J connectivity index is 1.87. The van der Waals surface area contributed by atoms with Gasteiger partial charge in [0.25, 0.3) is 0 Å². The number of fused-ring (bicyclic) bond motifs is 1. The Bertz CT molecular complexity index is 767. The largest absolute Gasteiger partial charge is 0.262 e. The normalized spacial score (nSPS) is 11.2. The Morgan fingerprint density at radius 3 is 2.80 bits per heavy atom. The van der Waals surface area contributed by atoms with Gasteiger partial charge in [-0.25, -0.2) is 4.98 Å². The van der Waals surface area contributed by atoms with E-state index in [0.29, 0.717) is 5.15 Å². The maximum Gasteiger partial charge on any atom is 0.133 e. The fraction of sp³-hybridized carbons (Fsp3) is 0.200. The second-order valence-corrected chi connectivity index (χ2v) is 6.02. The van der Waals surface area contributed by atoms with Crippen molar-refractivity contribution >= 4 is 34.3 Å². The smallest absolute Gasteiger partial charge is 0.133 e. The molecule has 0 aliphatic carbocycles. The molecule has 5 heteroatoms. The summed E-state index contributed by atoms with van der Waals surface area (Å²) in [5, 5.41) is 7.17. The van der Waals surface area contributed by atoms with Crippen molar-refractivity contribution in [1.29, 1.82) is 0 Å². The number of pyridine rings is 1. The summed E-state index contributed by atoms with van der Waals surface area (Å²) in [5.41, 5.74) is 3.01. The van der Waals surface area contributed by atoms with Crippen molar-refractivity contribution in [1.82, 2.24) is 14.8 Å². The van der Waals surface area contributed by atoms with Crippen molar-refractivity contribution in [2.75, 3.05) is 0 Å². The van der Waals surface area contributed by atoms with Crippen molar-refractivity contribution in [3.63, 3.8) is 0 Å². The van der Waals surface area contributed by atoms with Gasteiger partial charge in [-0.2, -0.15) is 5.10 Å². The van der Waals surface area contributed by atoms with Gasteiger partial charge in [-0.3, -0.25) is 4.68 Å². The molecule has 102 valence electrons. The van der Waals surface area contributed by atoms with Gasteiger partial charge in [0.2, 0.25) is 0 Å². The summed E-state index contributed by atoms with van der Waals surface area (Å²) in [7, 11) is 1.95. The van der Waals surface area contributed by atoms with Gasteiger partial charge in [-0.1, -0.05) is 29.8 Å². The molecule has 20 heavy (non-hydrogen) atoms. The minimum Gasteiger partial charge on any atom is -0.262 e. The first-order valence-corrected chi connectivity index (χ1v) is 7.67. The second-order valence-electron chi connectivity index (χ2n) is 4.67. The van der Waals surface area contributed by atoms with Crippen molar-refractivity contribution in [3.05, 3.63) is 52.8 Å². The number of benzene rings is 1. The van der Waals surface area contributed by atoms with E-state index in [0.717, 1.165) is 32.9 Å². The van der Waals surface area contributed by atoms with Crippen molar-refractivity contribution in [2.45, 2.75) is 17.7 Å². The van der Waals surface area contributed by atoms with E-state index in [4.69, 9.17) is 11.6 Å². The number of aromatic nitrogens is 3. The second kappa shape index (κ2) is 5.46. The molecule has 2 heterocycles. The summed E-state index contributed by atoms with van der Waals surface area (Å²) in [5.74, 6) is 0.787. The summed E-state index contributed by atoms with van der Waals surface area (Å²) in [6.07, 6.45) is 0. The number of halogens is 1. The lowest BCUT2D eigenvalue weighted by atomic mass is 10.2. The van der Waals surface area contributed by atoms with E-state index in [9.17, 15) is 0 Å². The number of aryl methyl sites for hydroxylation is 2. The fourth-order valence-corrected chi connectivity index (χ4v) is 3.41. The first-order valence-electron chi connectivity index (χ1n) is 6.31. The Kier molecular flexibility index (Phi) is 3.68. The molecular weight excluding hydrogens is 290 g/mol. The van der Waals surface area contributed by atoms with Gasteiger partial charge < -0.3 is 0 Å². The molecule has 0 amide bonds. The third-order valence-corrected chi connectivity index (χ3v) is 4.55. The minimum absolute atomic E-state index is 0.579. The van der Waals surface area contributed by atoms with Crippen LogP contribution in [0.4, 0.5) is 0 Å². The highest BCUT2D eigenvalue weighted by Crippen LogP contribution is 2.28. The van der Waals surface area contributed by atoms with E-state index in [-0.39, 0.29) is 0 Å². The topological polar surface area (TPSA) is 30.7 Å². The maximum atomic E-state index is 6.27. The van der Waals surface area contributed by atoms with Crippen LogP contribution in [0.15, 0.2) is 41.4 Å². The Morgan fingerprint density at radius 1 is 1.25 bits per heavy atom. The highest BCUT2D eigenvalue weighted by Gasteiger charge is 2.08. The van der Waals surface area contributed by atoms with Crippen molar-refractivity contribution < 1.29 is 0 Å². The quantitative estimate of drug-likeness (QED) is 0.536. The Labute approximate surface area is 127 Å². The molecule has 0 aliphatic heterocycles. The van der Waals surface area contributed by atoms with Gasteiger partial charge in [0.05, 0.1) is 16.2 Å². The summed E-state index contributed by atoms with van der Waals surface area (Å²) < 4.78 is 1.89. The lowest BCUT2D eigenvalue weighted by Crippen LogP contribution is -1.94. The molecule has 3 aromatic rings. The molecule has 0 spiro atoms. The van der Waals surface area contributed by atoms with Gasteiger partial charge in [0.1, 0.15) is 5.15 Å². The van der Waals surface area contributed by atoms with Crippen LogP contribution in [0.1, 0.15) is 11.3 Å². The zero-order chi connectivity index (χ0) is 14.1. The number of hydrogen-bond acceptors (Lipinski definition) is 3. The predicted octanol–water partition coefficient (Wildman–Crippen LogP) is 4.22. The molecule has 0 saturated carbocycles. The molecular formula is C15H14ClN3S. The molecule has 3 nitrogen and oxygen atoms in total. The predicted molar refractivity (Wildman–Crippen MR) is 84.3 cm³/mol. The van der Waals surface area contributed by atoms with E-state index in [1.54, 1.807) is 11.8 Å². The number of rotatable bonds is 3. The monoisotopic (exact) mass is 303 g/mol. The molecule has 0 saturated heterocycles. The fourth-order valence-electron chi connectivity index (χ4n) is 2.11. The molecule has 2 aromatic heterocycles. The highest BCUT2D eigenvalue weighted by molar-refractivity contribution is 7.98. The summed E-state index contributed by atoms with van der Waals surface area (Å²) in [4.78, 5) is 4.45. The molecule has 0 atom stereocenters. The molecule has 0 aliphatic rings. The van der Waals surface area contributed by atoms with E-state index < -0.39 is 0 Å². The lowest BCUT2D eigenvalue weighted by molar-refractivity contribution is 0.692. The van der Waals surface area contributed by atoms with Crippen LogP contribution in [0, 0.1) is 6.92 Å². The zero-order valence-corrected chi connectivity index (χ0v) is 12.9. The van der Waals surface area contributed by atoms with Crippen molar-refractivity contribution in [3.8, 4) is 0 Å². The first kappa shape index (κ1) is 13.5. The average molecular weight is 304 g/mol. The van der Waals surface area contributed by atoms with Crippen LogP contribution in [0.5, 0.6) is 0 Å². The SMILES string of the molecule is Cc1cc(SCc2cc3ccccc3nc2Cl)n(C)n1. The highest BCUT2D eigenvalue weighted by atomic mass is 35.5. The number of thioether (sulfide) groups is 1. The summed E-state index contributed by atoms with van der Waals surface area (Å²) in [6.45, 7) is 1.99. The van der Waals surface area contributed by atoms with Gasteiger partial charge in [0, 0.05) is 23.8 Å². The van der Waals surface area contributed by atoms with E-state index in [2.05, 4.69) is 28.3 Å². The molecule has 1 aromatic carbocycles. The Morgan fingerprint density at radius 2 is 2.05 bits per heavy atom. The van der Waals surface area contributed by atoms with Gasteiger partial charge >= 0.3 is 0 Å². The third kappa shape index (κ3) is 2.67. The van der Waals surface area contributed by atoms with Crippen LogP contribution in [0.25, 0.3) is 10.9 Å².